The Kier molecular flexibility index (Phi) is 7.39. The molecule has 0 aliphatic rings. The summed E-state index contributed by atoms with van der Waals surface area (Å²) in [7, 11) is 0. The van der Waals surface area contributed by atoms with Gasteiger partial charge >= 0.3 is 0 Å². The molecule has 0 aromatic carbocycles. The Morgan fingerprint density at radius 3 is 2.21 bits per heavy atom. The highest BCUT2D eigenvalue weighted by molar-refractivity contribution is 14.1. The summed E-state index contributed by atoms with van der Waals surface area (Å²) >= 11 is 2.38. The smallest absolute Gasteiger partial charge is 0.0155 e. The molecular formula is C12H26IN. The minimum Gasteiger partial charge on any atom is -0.327 e. The van der Waals surface area contributed by atoms with Gasteiger partial charge in [0.1, 0.15) is 0 Å². The lowest BCUT2D eigenvalue weighted by Gasteiger charge is -2.20. The van der Waals surface area contributed by atoms with E-state index in [-0.39, 0.29) is 0 Å². The highest BCUT2D eigenvalue weighted by Gasteiger charge is 2.12. The van der Waals surface area contributed by atoms with Crippen LogP contribution in [0.4, 0.5) is 0 Å². The van der Waals surface area contributed by atoms with Crippen LogP contribution < -0.4 is 5.73 Å². The predicted molar refractivity (Wildman–Crippen MR) is 73.9 cm³/mol. The van der Waals surface area contributed by atoms with Gasteiger partial charge in [0.2, 0.25) is 0 Å². The Bertz CT molecular complexity index is 140. The molecule has 14 heavy (non-hydrogen) atoms. The SMILES string of the molecule is C[C@H](CCCCC(C)(C)C)[C@@H](N)CI. The largest absolute Gasteiger partial charge is 0.327 e. The molecule has 0 spiro atoms. The summed E-state index contributed by atoms with van der Waals surface area (Å²) < 4.78 is 1.08. The van der Waals surface area contributed by atoms with Crippen molar-refractivity contribution in [3.8, 4) is 0 Å². The summed E-state index contributed by atoms with van der Waals surface area (Å²) in [5.74, 6) is 0.687. The standard InChI is InChI=1S/C12H26IN/c1-10(11(14)9-13)7-5-6-8-12(2,3)4/h10-11H,5-9,14H2,1-4H3/t10-,11+/m1/s1. The number of unbranched alkanes of at least 4 members (excludes halogenated alkanes) is 1. The van der Waals surface area contributed by atoms with Gasteiger partial charge < -0.3 is 5.73 Å². The van der Waals surface area contributed by atoms with Crippen molar-refractivity contribution < 1.29 is 0 Å². The molecule has 0 unspecified atom stereocenters. The molecule has 0 aliphatic heterocycles. The molecule has 0 aromatic heterocycles. The summed E-state index contributed by atoms with van der Waals surface area (Å²) in [6.07, 6.45) is 5.31. The van der Waals surface area contributed by atoms with Crippen LogP contribution in [0.1, 0.15) is 53.4 Å². The minimum absolute atomic E-state index is 0.394. The number of halogens is 1. The zero-order valence-corrected chi connectivity index (χ0v) is 12.3. The zero-order chi connectivity index (χ0) is 11.2. The average molecular weight is 311 g/mol. The van der Waals surface area contributed by atoms with Gasteiger partial charge in [0, 0.05) is 10.5 Å². The maximum atomic E-state index is 5.98. The molecule has 1 nitrogen and oxygen atoms in total. The normalized spacial score (nSPS) is 16.7. The highest BCUT2D eigenvalue weighted by atomic mass is 127. The molecule has 2 N–H and O–H groups in total. The molecule has 2 heteroatoms. The maximum absolute atomic E-state index is 5.98. The molecule has 0 rings (SSSR count). The Hall–Kier alpha value is 0.690. The van der Waals surface area contributed by atoms with Crippen molar-refractivity contribution in [2.24, 2.45) is 17.1 Å². The summed E-state index contributed by atoms with van der Waals surface area (Å²) in [6.45, 7) is 9.22. The molecule has 0 bridgehead atoms. The van der Waals surface area contributed by atoms with Crippen molar-refractivity contribution in [3.63, 3.8) is 0 Å². The van der Waals surface area contributed by atoms with Gasteiger partial charge in [0.05, 0.1) is 0 Å². The summed E-state index contributed by atoms with van der Waals surface area (Å²) in [6, 6.07) is 0.394. The second kappa shape index (κ2) is 7.04. The van der Waals surface area contributed by atoms with E-state index < -0.39 is 0 Å². The van der Waals surface area contributed by atoms with Crippen LogP contribution in [-0.2, 0) is 0 Å². The summed E-state index contributed by atoms with van der Waals surface area (Å²) in [5, 5.41) is 0. The molecule has 0 aliphatic carbocycles. The third-order valence-corrected chi connectivity index (χ3v) is 3.76. The molecule has 0 heterocycles. The van der Waals surface area contributed by atoms with Gasteiger partial charge in [-0.2, -0.15) is 0 Å². The van der Waals surface area contributed by atoms with Crippen LogP contribution in [-0.4, -0.2) is 10.5 Å². The molecular weight excluding hydrogens is 285 g/mol. The number of alkyl halides is 1. The van der Waals surface area contributed by atoms with Crippen LogP contribution in [0.5, 0.6) is 0 Å². The molecule has 0 saturated carbocycles. The topological polar surface area (TPSA) is 26.0 Å². The fourth-order valence-electron chi connectivity index (χ4n) is 1.49. The first-order valence-electron chi connectivity index (χ1n) is 5.68. The van der Waals surface area contributed by atoms with Gasteiger partial charge in [0.15, 0.2) is 0 Å². The quantitative estimate of drug-likeness (QED) is 0.448. The van der Waals surface area contributed by atoms with E-state index in [4.69, 9.17) is 5.73 Å². The van der Waals surface area contributed by atoms with Crippen LogP contribution in [0.2, 0.25) is 0 Å². The van der Waals surface area contributed by atoms with E-state index >= 15 is 0 Å². The van der Waals surface area contributed by atoms with E-state index in [0.29, 0.717) is 17.4 Å². The Balaban J connectivity index is 3.45. The lowest BCUT2D eigenvalue weighted by atomic mass is 9.88. The molecule has 86 valence electrons. The van der Waals surface area contributed by atoms with Crippen molar-refractivity contribution in [2.45, 2.75) is 59.4 Å². The predicted octanol–water partition coefficient (Wildman–Crippen LogP) is 3.99. The van der Waals surface area contributed by atoms with Crippen molar-refractivity contribution in [1.82, 2.24) is 0 Å². The molecule has 2 atom stereocenters. The zero-order valence-electron chi connectivity index (χ0n) is 10.1. The van der Waals surface area contributed by atoms with Crippen LogP contribution in [0, 0.1) is 11.3 Å². The van der Waals surface area contributed by atoms with E-state index in [0.717, 1.165) is 4.43 Å². The fraction of sp³-hybridized carbons (Fsp3) is 1.00. The van der Waals surface area contributed by atoms with Crippen LogP contribution in [0.3, 0.4) is 0 Å². The van der Waals surface area contributed by atoms with Gasteiger partial charge in [0.25, 0.3) is 0 Å². The lowest BCUT2D eigenvalue weighted by molar-refractivity contribution is 0.344. The lowest BCUT2D eigenvalue weighted by Crippen LogP contribution is -2.29. The number of nitrogens with two attached hydrogens (primary N) is 1. The van der Waals surface area contributed by atoms with E-state index in [1.54, 1.807) is 0 Å². The molecule has 0 saturated heterocycles. The molecule has 0 fully saturated rings. The van der Waals surface area contributed by atoms with E-state index in [1.807, 2.05) is 0 Å². The van der Waals surface area contributed by atoms with Gasteiger partial charge in [-0.1, -0.05) is 63.1 Å². The Morgan fingerprint density at radius 1 is 1.21 bits per heavy atom. The van der Waals surface area contributed by atoms with E-state index in [9.17, 15) is 0 Å². The van der Waals surface area contributed by atoms with Gasteiger partial charge in [-0.05, 0) is 24.2 Å². The van der Waals surface area contributed by atoms with Crippen LogP contribution >= 0.6 is 22.6 Å². The maximum Gasteiger partial charge on any atom is 0.0155 e. The fourth-order valence-corrected chi connectivity index (χ4v) is 2.36. The van der Waals surface area contributed by atoms with E-state index in [2.05, 4.69) is 50.3 Å². The third kappa shape index (κ3) is 8.04. The Morgan fingerprint density at radius 2 is 1.79 bits per heavy atom. The third-order valence-electron chi connectivity index (χ3n) is 2.75. The molecule has 0 aromatic rings. The van der Waals surface area contributed by atoms with Crippen molar-refractivity contribution in [3.05, 3.63) is 0 Å². The van der Waals surface area contributed by atoms with Crippen LogP contribution in [0.25, 0.3) is 0 Å². The van der Waals surface area contributed by atoms with Crippen molar-refractivity contribution >= 4 is 22.6 Å². The van der Waals surface area contributed by atoms with Gasteiger partial charge in [-0.3, -0.25) is 0 Å². The first-order valence-corrected chi connectivity index (χ1v) is 7.21. The first kappa shape index (κ1) is 14.7. The minimum atomic E-state index is 0.394. The van der Waals surface area contributed by atoms with E-state index in [1.165, 1.54) is 25.7 Å². The van der Waals surface area contributed by atoms with Gasteiger partial charge in [-0.25, -0.2) is 0 Å². The number of hydrogen-bond acceptors (Lipinski definition) is 1. The molecule has 0 amide bonds. The van der Waals surface area contributed by atoms with Crippen molar-refractivity contribution in [2.75, 3.05) is 4.43 Å². The second-order valence-corrected chi connectivity index (χ2v) is 6.48. The average Bonchev–Trinajstić information content (AvgIpc) is 2.09. The first-order chi connectivity index (χ1) is 6.37. The summed E-state index contributed by atoms with van der Waals surface area (Å²) in [5.41, 5.74) is 6.47. The number of rotatable bonds is 6. The van der Waals surface area contributed by atoms with Gasteiger partial charge in [-0.15, -0.1) is 0 Å². The highest BCUT2D eigenvalue weighted by Crippen LogP contribution is 2.23. The van der Waals surface area contributed by atoms with Crippen LogP contribution in [0.15, 0.2) is 0 Å². The number of hydrogen-bond donors (Lipinski definition) is 1. The molecule has 0 radical (unpaired) electrons. The van der Waals surface area contributed by atoms with Crippen molar-refractivity contribution in [1.29, 1.82) is 0 Å². The second-order valence-electron chi connectivity index (χ2n) is 5.60. The summed E-state index contributed by atoms with van der Waals surface area (Å²) in [4.78, 5) is 0. The Labute approximate surface area is 103 Å². The monoisotopic (exact) mass is 311 g/mol.